The van der Waals surface area contributed by atoms with Crippen molar-refractivity contribution in [3.8, 4) is 22.8 Å². The van der Waals surface area contributed by atoms with Crippen molar-refractivity contribution in [2.75, 3.05) is 18.9 Å². The molecule has 2 aromatic rings. The molecule has 3 rings (SSSR count). The predicted molar refractivity (Wildman–Crippen MR) is 72.4 cm³/mol. The highest BCUT2D eigenvalue weighted by Crippen LogP contribution is 2.39. The van der Waals surface area contributed by atoms with Crippen LogP contribution in [0.1, 0.15) is 10.6 Å². The second-order valence-electron chi connectivity index (χ2n) is 4.26. The van der Waals surface area contributed by atoms with E-state index in [4.69, 9.17) is 15.2 Å². The molecule has 0 spiro atoms. The minimum Gasteiger partial charge on any atom is -0.486 e. The van der Waals surface area contributed by atoms with Gasteiger partial charge in [0.15, 0.2) is 11.5 Å². The summed E-state index contributed by atoms with van der Waals surface area (Å²) in [5.74, 6) is 1.57. The number of hydrogen-bond acceptors (Lipinski definition) is 5. The summed E-state index contributed by atoms with van der Waals surface area (Å²) in [6.07, 6.45) is 0. The molecule has 0 unspecified atom stereocenters. The van der Waals surface area contributed by atoms with Crippen molar-refractivity contribution < 1.29 is 9.47 Å². The van der Waals surface area contributed by atoms with Gasteiger partial charge in [-0.1, -0.05) is 0 Å². The van der Waals surface area contributed by atoms with Crippen LogP contribution in [0.25, 0.3) is 11.3 Å². The van der Waals surface area contributed by atoms with Gasteiger partial charge in [0, 0.05) is 5.56 Å². The summed E-state index contributed by atoms with van der Waals surface area (Å²) < 4.78 is 11.2. The SMILES string of the molecule is Cc1nc(-c2cc3c(cc2C)OCCO3)c(N)s1. The van der Waals surface area contributed by atoms with Crippen molar-refractivity contribution in [3.63, 3.8) is 0 Å². The quantitative estimate of drug-likeness (QED) is 0.858. The standard InChI is InChI=1S/C13H14N2O2S/c1-7-5-10-11(17-4-3-16-10)6-9(7)12-13(14)18-8(2)15-12/h5-6H,3-4,14H2,1-2H3. The Kier molecular flexibility index (Phi) is 2.63. The molecule has 4 nitrogen and oxygen atoms in total. The summed E-state index contributed by atoms with van der Waals surface area (Å²) in [7, 11) is 0. The Bertz CT molecular complexity index is 607. The molecule has 0 saturated heterocycles. The van der Waals surface area contributed by atoms with E-state index in [2.05, 4.69) is 4.98 Å². The molecule has 0 amide bonds. The van der Waals surface area contributed by atoms with Crippen LogP contribution >= 0.6 is 11.3 Å². The third kappa shape index (κ3) is 1.80. The molecule has 0 saturated carbocycles. The molecule has 1 aliphatic rings. The molecule has 18 heavy (non-hydrogen) atoms. The first-order valence-electron chi connectivity index (χ1n) is 5.78. The van der Waals surface area contributed by atoms with Crippen molar-refractivity contribution in [2.24, 2.45) is 0 Å². The van der Waals surface area contributed by atoms with Gasteiger partial charge < -0.3 is 15.2 Å². The van der Waals surface area contributed by atoms with Crippen molar-refractivity contribution in [1.29, 1.82) is 0 Å². The van der Waals surface area contributed by atoms with Gasteiger partial charge in [0.05, 0.1) is 5.01 Å². The number of aromatic nitrogens is 1. The van der Waals surface area contributed by atoms with Crippen LogP contribution in [-0.2, 0) is 0 Å². The number of nitrogens with two attached hydrogens (primary N) is 1. The molecule has 0 fully saturated rings. The Morgan fingerprint density at radius 2 is 1.83 bits per heavy atom. The van der Waals surface area contributed by atoms with Crippen LogP contribution < -0.4 is 15.2 Å². The van der Waals surface area contributed by atoms with E-state index in [1.165, 1.54) is 11.3 Å². The predicted octanol–water partition coefficient (Wildman–Crippen LogP) is 2.78. The van der Waals surface area contributed by atoms with Crippen LogP contribution in [0.15, 0.2) is 12.1 Å². The summed E-state index contributed by atoms with van der Waals surface area (Å²) in [6, 6.07) is 3.95. The Morgan fingerprint density at radius 1 is 1.17 bits per heavy atom. The molecule has 1 aliphatic heterocycles. The van der Waals surface area contributed by atoms with Gasteiger partial charge in [-0.25, -0.2) is 4.98 Å². The van der Waals surface area contributed by atoms with Gasteiger partial charge in [0.1, 0.15) is 23.9 Å². The lowest BCUT2D eigenvalue weighted by atomic mass is 10.0. The highest BCUT2D eigenvalue weighted by molar-refractivity contribution is 7.16. The third-order valence-corrected chi connectivity index (χ3v) is 3.70. The maximum Gasteiger partial charge on any atom is 0.162 e. The largest absolute Gasteiger partial charge is 0.486 e. The number of hydrogen-bond donors (Lipinski definition) is 1. The number of aryl methyl sites for hydroxylation is 2. The van der Waals surface area contributed by atoms with Crippen LogP contribution in [0.3, 0.4) is 0 Å². The van der Waals surface area contributed by atoms with Gasteiger partial charge in [0.2, 0.25) is 0 Å². The molecule has 1 aromatic carbocycles. The average Bonchev–Trinajstić information content (AvgIpc) is 2.67. The first-order valence-corrected chi connectivity index (χ1v) is 6.60. The molecule has 2 heterocycles. The van der Waals surface area contributed by atoms with E-state index in [9.17, 15) is 0 Å². The van der Waals surface area contributed by atoms with Crippen LogP contribution in [0.2, 0.25) is 0 Å². The number of rotatable bonds is 1. The highest BCUT2D eigenvalue weighted by atomic mass is 32.1. The van der Waals surface area contributed by atoms with Gasteiger partial charge in [-0.3, -0.25) is 0 Å². The summed E-state index contributed by atoms with van der Waals surface area (Å²) in [4.78, 5) is 4.49. The number of nitrogens with zero attached hydrogens (tertiary/aromatic N) is 1. The van der Waals surface area contributed by atoms with E-state index in [0.717, 1.165) is 38.3 Å². The number of thiazole rings is 1. The van der Waals surface area contributed by atoms with Crippen molar-refractivity contribution in [3.05, 3.63) is 22.7 Å². The second kappa shape index (κ2) is 4.17. The molecule has 0 aliphatic carbocycles. The van der Waals surface area contributed by atoms with Crippen molar-refractivity contribution in [2.45, 2.75) is 13.8 Å². The molecule has 0 radical (unpaired) electrons. The lowest BCUT2D eigenvalue weighted by molar-refractivity contribution is 0.171. The smallest absolute Gasteiger partial charge is 0.162 e. The Balaban J connectivity index is 2.15. The van der Waals surface area contributed by atoms with E-state index < -0.39 is 0 Å². The fraction of sp³-hybridized carbons (Fsp3) is 0.308. The fourth-order valence-electron chi connectivity index (χ4n) is 2.08. The minimum absolute atomic E-state index is 0.584. The number of benzene rings is 1. The fourth-order valence-corrected chi connectivity index (χ4v) is 2.79. The Hall–Kier alpha value is -1.75. The van der Waals surface area contributed by atoms with Crippen LogP contribution in [0, 0.1) is 13.8 Å². The molecule has 1 aromatic heterocycles. The first kappa shape index (κ1) is 11.3. The molecular weight excluding hydrogens is 248 g/mol. The normalized spacial score (nSPS) is 13.7. The zero-order valence-electron chi connectivity index (χ0n) is 10.3. The van der Waals surface area contributed by atoms with Gasteiger partial charge >= 0.3 is 0 Å². The molecule has 2 N–H and O–H groups in total. The van der Waals surface area contributed by atoms with E-state index >= 15 is 0 Å². The topological polar surface area (TPSA) is 57.4 Å². The Labute approximate surface area is 109 Å². The van der Waals surface area contributed by atoms with Gasteiger partial charge in [-0.2, -0.15) is 0 Å². The maximum atomic E-state index is 6.00. The maximum absolute atomic E-state index is 6.00. The lowest BCUT2D eigenvalue weighted by Crippen LogP contribution is -2.15. The second-order valence-corrected chi connectivity index (χ2v) is 5.49. The lowest BCUT2D eigenvalue weighted by Gasteiger charge is -2.20. The summed E-state index contributed by atoms with van der Waals surface area (Å²) >= 11 is 1.50. The highest BCUT2D eigenvalue weighted by Gasteiger charge is 2.18. The molecule has 94 valence electrons. The number of nitrogen functional groups attached to an aromatic ring is 1. The van der Waals surface area contributed by atoms with Gasteiger partial charge in [-0.05, 0) is 31.5 Å². The van der Waals surface area contributed by atoms with Crippen molar-refractivity contribution >= 4 is 16.3 Å². The van der Waals surface area contributed by atoms with Gasteiger partial charge in [-0.15, -0.1) is 11.3 Å². The Morgan fingerprint density at radius 3 is 2.44 bits per heavy atom. The monoisotopic (exact) mass is 262 g/mol. The molecule has 5 heteroatoms. The van der Waals surface area contributed by atoms with E-state index in [-0.39, 0.29) is 0 Å². The molecular formula is C13H14N2O2S. The van der Waals surface area contributed by atoms with Crippen LogP contribution in [0.5, 0.6) is 11.5 Å². The number of fused-ring (bicyclic) bond motifs is 1. The van der Waals surface area contributed by atoms with E-state index in [1.54, 1.807) is 0 Å². The van der Waals surface area contributed by atoms with E-state index in [1.807, 2.05) is 26.0 Å². The zero-order chi connectivity index (χ0) is 12.7. The first-order chi connectivity index (χ1) is 8.65. The average molecular weight is 262 g/mol. The number of ether oxygens (including phenoxy) is 2. The molecule has 0 bridgehead atoms. The van der Waals surface area contributed by atoms with Crippen molar-refractivity contribution in [1.82, 2.24) is 4.98 Å². The summed E-state index contributed by atoms with van der Waals surface area (Å²) in [6.45, 7) is 5.17. The zero-order valence-corrected chi connectivity index (χ0v) is 11.1. The van der Waals surface area contributed by atoms with Gasteiger partial charge in [0.25, 0.3) is 0 Å². The van der Waals surface area contributed by atoms with Crippen LogP contribution in [0.4, 0.5) is 5.00 Å². The minimum atomic E-state index is 0.584. The third-order valence-electron chi connectivity index (χ3n) is 2.90. The number of anilines is 1. The summed E-state index contributed by atoms with van der Waals surface area (Å²) in [5, 5.41) is 1.71. The molecule has 0 atom stereocenters. The van der Waals surface area contributed by atoms with Crippen LogP contribution in [-0.4, -0.2) is 18.2 Å². The van der Waals surface area contributed by atoms with E-state index in [0.29, 0.717) is 13.2 Å². The summed E-state index contributed by atoms with van der Waals surface area (Å²) in [5.41, 5.74) is 8.95.